The highest BCUT2D eigenvalue weighted by atomic mass is 32.2. The van der Waals surface area contributed by atoms with Crippen LogP contribution in [0.4, 0.5) is 5.69 Å². The molecule has 0 spiro atoms. The SMILES string of the molecule is N#CC(C#N)=NNc1ccccc1S(=O)(=O)NC1CC1. The van der Waals surface area contributed by atoms with Crippen molar-refractivity contribution in [3.05, 3.63) is 24.3 Å². The van der Waals surface area contributed by atoms with Crippen molar-refractivity contribution in [1.29, 1.82) is 10.5 Å². The molecule has 2 rings (SSSR count). The zero-order chi connectivity index (χ0) is 14.6. The summed E-state index contributed by atoms with van der Waals surface area (Å²) < 4.78 is 26.9. The van der Waals surface area contributed by atoms with Crippen molar-refractivity contribution in [2.24, 2.45) is 5.10 Å². The van der Waals surface area contributed by atoms with Crippen LogP contribution in [-0.2, 0) is 10.0 Å². The molecule has 1 saturated carbocycles. The van der Waals surface area contributed by atoms with Gasteiger partial charge in [0, 0.05) is 6.04 Å². The number of sulfonamides is 1. The maximum Gasteiger partial charge on any atom is 0.242 e. The normalized spacial score (nSPS) is 13.9. The molecule has 0 saturated heterocycles. The number of nitrogens with one attached hydrogen (secondary N) is 2. The topological polar surface area (TPSA) is 118 Å². The first-order chi connectivity index (χ1) is 9.56. The monoisotopic (exact) mass is 289 g/mol. The molecule has 7 nitrogen and oxygen atoms in total. The Labute approximate surface area is 116 Å². The molecular formula is C12H11N5O2S. The number of hydrogen-bond acceptors (Lipinski definition) is 6. The third-order valence-corrected chi connectivity index (χ3v) is 4.15. The van der Waals surface area contributed by atoms with Crippen LogP contribution >= 0.6 is 0 Å². The fourth-order valence-corrected chi connectivity index (χ4v) is 2.93. The van der Waals surface area contributed by atoms with E-state index in [9.17, 15) is 8.42 Å². The van der Waals surface area contributed by atoms with Gasteiger partial charge in [-0.2, -0.15) is 15.6 Å². The van der Waals surface area contributed by atoms with Gasteiger partial charge in [-0.1, -0.05) is 12.1 Å². The van der Waals surface area contributed by atoms with E-state index in [0.29, 0.717) is 0 Å². The zero-order valence-electron chi connectivity index (χ0n) is 10.4. The van der Waals surface area contributed by atoms with Crippen LogP contribution in [0.25, 0.3) is 0 Å². The number of nitriles is 2. The molecule has 0 radical (unpaired) electrons. The quantitative estimate of drug-likeness (QED) is 0.617. The number of anilines is 1. The second-order valence-electron chi connectivity index (χ2n) is 4.19. The standard InChI is InChI=1S/C12H11N5O2S/c13-7-10(8-14)15-16-11-3-1-2-4-12(11)20(18,19)17-9-5-6-9/h1-4,9,16-17H,5-6H2. The van der Waals surface area contributed by atoms with E-state index in [-0.39, 0.29) is 22.3 Å². The lowest BCUT2D eigenvalue weighted by atomic mass is 10.3. The summed E-state index contributed by atoms with van der Waals surface area (Å²) in [5.41, 5.74) is 2.27. The minimum absolute atomic E-state index is 0.00895. The molecule has 20 heavy (non-hydrogen) atoms. The molecule has 1 aromatic rings. The van der Waals surface area contributed by atoms with Gasteiger partial charge in [-0.25, -0.2) is 13.1 Å². The lowest BCUT2D eigenvalue weighted by Gasteiger charge is -2.10. The number of hydrogen-bond donors (Lipinski definition) is 2. The lowest BCUT2D eigenvalue weighted by molar-refractivity contribution is 0.581. The second kappa shape index (κ2) is 5.70. The van der Waals surface area contributed by atoms with E-state index >= 15 is 0 Å². The minimum Gasteiger partial charge on any atom is -0.275 e. The second-order valence-corrected chi connectivity index (χ2v) is 5.87. The molecule has 102 valence electrons. The molecule has 0 unspecified atom stereocenters. The van der Waals surface area contributed by atoms with Crippen molar-refractivity contribution in [1.82, 2.24) is 4.72 Å². The van der Waals surface area contributed by atoms with Gasteiger partial charge in [-0.15, -0.1) is 0 Å². The predicted molar refractivity (Wildman–Crippen MR) is 72.1 cm³/mol. The van der Waals surface area contributed by atoms with Crippen LogP contribution in [0, 0.1) is 22.7 Å². The molecule has 1 aliphatic carbocycles. The number of benzene rings is 1. The lowest BCUT2D eigenvalue weighted by Crippen LogP contribution is -2.26. The highest BCUT2D eigenvalue weighted by Crippen LogP contribution is 2.25. The number of para-hydroxylation sites is 1. The van der Waals surface area contributed by atoms with Gasteiger partial charge < -0.3 is 0 Å². The first kappa shape index (κ1) is 14.0. The van der Waals surface area contributed by atoms with Gasteiger partial charge in [0.05, 0.1) is 5.69 Å². The van der Waals surface area contributed by atoms with Crippen molar-refractivity contribution < 1.29 is 8.42 Å². The van der Waals surface area contributed by atoms with E-state index in [1.165, 1.54) is 12.1 Å². The van der Waals surface area contributed by atoms with Gasteiger partial charge in [-0.05, 0) is 25.0 Å². The van der Waals surface area contributed by atoms with Crippen molar-refractivity contribution >= 4 is 21.4 Å². The first-order valence-corrected chi connectivity index (χ1v) is 7.30. The van der Waals surface area contributed by atoms with Crippen LogP contribution in [0.1, 0.15) is 12.8 Å². The molecule has 2 N–H and O–H groups in total. The van der Waals surface area contributed by atoms with Crippen LogP contribution in [0.5, 0.6) is 0 Å². The Hall–Kier alpha value is -2.42. The maximum absolute atomic E-state index is 12.2. The summed E-state index contributed by atoms with van der Waals surface area (Å²) in [5, 5.41) is 20.7. The van der Waals surface area contributed by atoms with Crippen LogP contribution in [-0.4, -0.2) is 20.2 Å². The van der Waals surface area contributed by atoms with E-state index in [2.05, 4.69) is 15.2 Å². The average Bonchev–Trinajstić information content (AvgIpc) is 3.23. The zero-order valence-corrected chi connectivity index (χ0v) is 11.2. The Morgan fingerprint density at radius 3 is 2.50 bits per heavy atom. The summed E-state index contributed by atoms with van der Waals surface area (Å²) >= 11 is 0. The smallest absolute Gasteiger partial charge is 0.242 e. The van der Waals surface area contributed by atoms with Crippen molar-refractivity contribution in [3.63, 3.8) is 0 Å². The van der Waals surface area contributed by atoms with Crippen LogP contribution in [0.2, 0.25) is 0 Å². The van der Waals surface area contributed by atoms with Gasteiger partial charge in [-0.3, -0.25) is 5.43 Å². The van der Waals surface area contributed by atoms with Crippen molar-refractivity contribution in [2.75, 3.05) is 5.43 Å². The summed E-state index contributed by atoms with van der Waals surface area (Å²) in [6.07, 6.45) is 1.67. The molecular weight excluding hydrogens is 278 g/mol. The third-order valence-electron chi connectivity index (χ3n) is 2.58. The molecule has 8 heteroatoms. The van der Waals surface area contributed by atoms with E-state index in [1.54, 1.807) is 24.3 Å². The number of rotatable bonds is 5. The highest BCUT2D eigenvalue weighted by Gasteiger charge is 2.29. The fraction of sp³-hybridized carbons (Fsp3) is 0.250. The molecule has 1 fully saturated rings. The van der Waals surface area contributed by atoms with E-state index in [0.717, 1.165) is 12.8 Å². The van der Waals surface area contributed by atoms with E-state index in [4.69, 9.17) is 10.5 Å². The summed E-state index contributed by atoms with van der Waals surface area (Å²) in [5.74, 6) is 0. The van der Waals surface area contributed by atoms with Gasteiger partial charge in [0.25, 0.3) is 0 Å². The van der Waals surface area contributed by atoms with Gasteiger partial charge >= 0.3 is 0 Å². The first-order valence-electron chi connectivity index (χ1n) is 5.82. The van der Waals surface area contributed by atoms with Crippen LogP contribution in [0.15, 0.2) is 34.3 Å². The summed E-state index contributed by atoms with van der Waals surface area (Å²) in [6, 6.07) is 9.32. The average molecular weight is 289 g/mol. The summed E-state index contributed by atoms with van der Waals surface area (Å²) in [4.78, 5) is 0.0332. The third kappa shape index (κ3) is 3.32. The summed E-state index contributed by atoms with van der Waals surface area (Å²) in [7, 11) is -3.64. The Bertz CT molecular complexity index is 707. The molecule has 0 aromatic heterocycles. The van der Waals surface area contributed by atoms with E-state index < -0.39 is 10.0 Å². The summed E-state index contributed by atoms with van der Waals surface area (Å²) in [6.45, 7) is 0. The van der Waals surface area contributed by atoms with Crippen molar-refractivity contribution in [2.45, 2.75) is 23.8 Å². The molecule has 1 aromatic carbocycles. The molecule has 0 bridgehead atoms. The maximum atomic E-state index is 12.2. The van der Waals surface area contributed by atoms with E-state index in [1.807, 2.05) is 0 Å². The fourth-order valence-electron chi connectivity index (χ4n) is 1.47. The molecule has 0 heterocycles. The molecule has 0 atom stereocenters. The van der Waals surface area contributed by atoms with Gasteiger partial charge in [0.15, 0.2) is 0 Å². The molecule has 1 aliphatic rings. The Morgan fingerprint density at radius 1 is 1.25 bits per heavy atom. The minimum atomic E-state index is -3.64. The Kier molecular flexibility index (Phi) is 3.99. The Morgan fingerprint density at radius 2 is 1.90 bits per heavy atom. The largest absolute Gasteiger partial charge is 0.275 e. The predicted octanol–water partition coefficient (Wildman–Crippen LogP) is 0.942. The Balaban J connectivity index is 2.29. The van der Waals surface area contributed by atoms with Gasteiger partial charge in [0.2, 0.25) is 15.7 Å². The van der Waals surface area contributed by atoms with Crippen LogP contribution in [0.3, 0.4) is 0 Å². The molecule has 0 aliphatic heterocycles. The van der Waals surface area contributed by atoms with Crippen LogP contribution < -0.4 is 10.1 Å². The molecule has 0 amide bonds. The number of nitrogens with zero attached hydrogens (tertiary/aromatic N) is 3. The number of hydrazone groups is 1. The van der Waals surface area contributed by atoms with Gasteiger partial charge in [0.1, 0.15) is 17.0 Å². The van der Waals surface area contributed by atoms with Crippen molar-refractivity contribution in [3.8, 4) is 12.1 Å². The highest BCUT2D eigenvalue weighted by molar-refractivity contribution is 7.89.